The Balaban J connectivity index is 3.97. The molecule has 2 heteroatoms. The Kier molecular flexibility index (Phi) is 6.15. The summed E-state index contributed by atoms with van der Waals surface area (Å²) in [5, 5.41) is 11.8. The average Bonchev–Trinajstić information content (AvgIpc) is 2.12. The minimum atomic E-state index is -0.0870. The topological polar surface area (TPSA) is 35.8 Å². The Morgan fingerprint density at radius 2 is 2.00 bits per heavy atom. The fraction of sp³-hybridized carbons (Fsp3) is 0.700. The van der Waals surface area contributed by atoms with Gasteiger partial charge in [-0.25, -0.2) is 0 Å². The molecule has 0 aromatic carbocycles. The largest absolute Gasteiger partial charge is 0.291 e. The number of rotatable bonds is 5. The molecular weight excluding hydrogens is 148 g/mol. The van der Waals surface area contributed by atoms with Gasteiger partial charge in [0.2, 0.25) is 0 Å². The molecule has 0 heterocycles. The zero-order chi connectivity index (χ0) is 9.40. The first-order valence-corrected chi connectivity index (χ1v) is 4.36. The number of nitriles is 1. The lowest BCUT2D eigenvalue weighted by molar-refractivity contribution is 0.401. The maximum absolute atomic E-state index is 8.80. The van der Waals surface area contributed by atoms with Gasteiger partial charge < -0.3 is 0 Å². The highest BCUT2D eigenvalue weighted by Crippen LogP contribution is 2.11. The first-order valence-electron chi connectivity index (χ1n) is 4.36. The van der Waals surface area contributed by atoms with Crippen LogP contribution in [-0.2, 0) is 0 Å². The van der Waals surface area contributed by atoms with Crippen molar-refractivity contribution < 1.29 is 0 Å². The van der Waals surface area contributed by atoms with Gasteiger partial charge in [0.15, 0.2) is 0 Å². The molecule has 0 spiro atoms. The summed E-state index contributed by atoms with van der Waals surface area (Å²) >= 11 is 0. The zero-order valence-electron chi connectivity index (χ0n) is 7.80. The number of hydrogen-bond donors (Lipinski definition) is 1. The molecule has 1 unspecified atom stereocenters. The van der Waals surface area contributed by atoms with Gasteiger partial charge in [-0.3, -0.25) is 5.32 Å². The van der Waals surface area contributed by atoms with Crippen LogP contribution in [0.25, 0.3) is 0 Å². The SMILES string of the molecule is C#CCNC(C#N)C(CC)CC. The highest BCUT2D eigenvalue weighted by Gasteiger charge is 2.15. The third-order valence-electron chi connectivity index (χ3n) is 2.08. The Morgan fingerprint density at radius 3 is 2.33 bits per heavy atom. The number of nitrogens with zero attached hydrogens (tertiary/aromatic N) is 1. The molecule has 66 valence electrons. The van der Waals surface area contributed by atoms with Gasteiger partial charge in [0.25, 0.3) is 0 Å². The van der Waals surface area contributed by atoms with Gasteiger partial charge >= 0.3 is 0 Å². The van der Waals surface area contributed by atoms with Crippen LogP contribution in [0.1, 0.15) is 26.7 Å². The summed E-state index contributed by atoms with van der Waals surface area (Å²) in [4.78, 5) is 0. The summed E-state index contributed by atoms with van der Waals surface area (Å²) in [6.45, 7) is 4.67. The predicted octanol–water partition coefficient (Wildman–Crippen LogP) is 1.54. The Labute approximate surface area is 75.0 Å². The number of terminal acetylenes is 1. The van der Waals surface area contributed by atoms with E-state index in [2.05, 4.69) is 31.2 Å². The lowest BCUT2D eigenvalue weighted by atomic mass is 9.95. The first kappa shape index (κ1) is 11.0. The second-order valence-electron chi connectivity index (χ2n) is 2.77. The van der Waals surface area contributed by atoms with Gasteiger partial charge in [-0.1, -0.05) is 32.6 Å². The van der Waals surface area contributed by atoms with Crippen molar-refractivity contribution in [3.05, 3.63) is 0 Å². The molecule has 2 nitrogen and oxygen atoms in total. The maximum Gasteiger partial charge on any atom is 0.0988 e. The summed E-state index contributed by atoms with van der Waals surface area (Å²) in [5.74, 6) is 2.89. The minimum absolute atomic E-state index is 0.0870. The first-order chi connectivity index (χ1) is 5.79. The van der Waals surface area contributed by atoms with Gasteiger partial charge in [0, 0.05) is 0 Å². The normalized spacial score (nSPS) is 12.1. The van der Waals surface area contributed by atoms with E-state index in [9.17, 15) is 0 Å². The van der Waals surface area contributed by atoms with Crippen LogP contribution in [-0.4, -0.2) is 12.6 Å². The summed E-state index contributed by atoms with van der Waals surface area (Å²) in [5.41, 5.74) is 0. The van der Waals surface area contributed by atoms with Crippen LogP contribution in [0.2, 0.25) is 0 Å². The van der Waals surface area contributed by atoms with Crippen LogP contribution in [0.4, 0.5) is 0 Å². The van der Waals surface area contributed by atoms with Crippen LogP contribution < -0.4 is 5.32 Å². The molecule has 0 aliphatic carbocycles. The monoisotopic (exact) mass is 164 g/mol. The Bertz CT molecular complexity index is 181. The van der Waals surface area contributed by atoms with Gasteiger partial charge in [-0.05, 0) is 5.92 Å². The minimum Gasteiger partial charge on any atom is -0.291 e. The summed E-state index contributed by atoms with van der Waals surface area (Å²) in [6, 6.07) is 2.15. The van der Waals surface area contributed by atoms with Crippen molar-refractivity contribution in [3.8, 4) is 18.4 Å². The fourth-order valence-corrected chi connectivity index (χ4v) is 1.25. The van der Waals surface area contributed by atoms with E-state index in [0.717, 1.165) is 12.8 Å². The smallest absolute Gasteiger partial charge is 0.0988 e. The summed E-state index contributed by atoms with van der Waals surface area (Å²) in [7, 11) is 0. The molecule has 0 aromatic rings. The lowest BCUT2D eigenvalue weighted by Crippen LogP contribution is -2.34. The molecule has 1 N–H and O–H groups in total. The van der Waals surface area contributed by atoms with Crippen molar-refractivity contribution >= 4 is 0 Å². The van der Waals surface area contributed by atoms with Crippen LogP contribution in [0, 0.1) is 29.6 Å². The number of hydrogen-bond acceptors (Lipinski definition) is 2. The molecule has 0 aromatic heterocycles. The van der Waals surface area contributed by atoms with Crippen molar-refractivity contribution in [1.82, 2.24) is 5.32 Å². The zero-order valence-corrected chi connectivity index (χ0v) is 7.80. The van der Waals surface area contributed by atoms with E-state index in [1.54, 1.807) is 0 Å². The molecule has 0 radical (unpaired) electrons. The molecule has 12 heavy (non-hydrogen) atoms. The van der Waals surface area contributed by atoms with Crippen LogP contribution in [0.3, 0.4) is 0 Å². The second-order valence-corrected chi connectivity index (χ2v) is 2.77. The van der Waals surface area contributed by atoms with Crippen molar-refractivity contribution in [2.24, 2.45) is 5.92 Å². The maximum atomic E-state index is 8.80. The molecule has 0 saturated carbocycles. The second kappa shape index (κ2) is 6.70. The van der Waals surface area contributed by atoms with Crippen molar-refractivity contribution in [1.29, 1.82) is 5.26 Å². The van der Waals surface area contributed by atoms with E-state index in [1.807, 2.05) is 0 Å². The molecule has 0 amide bonds. The Morgan fingerprint density at radius 1 is 1.42 bits per heavy atom. The van der Waals surface area contributed by atoms with Crippen LogP contribution in [0.5, 0.6) is 0 Å². The molecule has 0 aliphatic rings. The van der Waals surface area contributed by atoms with Crippen LogP contribution in [0.15, 0.2) is 0 Å². The summed E-state index contributed by atoms with van der Waals surface area (Å²) in [6.07, 6.45) is 7.13. The average molecular weight is 164 g/mol. The highest BCUT2D eigenvalue weighted by molar-refractivity contribution is 4.98. The van der Waals surface area contributed by atoms with Crippen molar-refractivity contribution in [3.63, 3.8) is 0 Å². The van der Waals surface area contributed by atoms with E-state index in [1.165, 1.54) is 0 Å². The van der Waals surface area contributed by atoms with Crippen molar-refractivity contribution in [2.45, 2.75) is 32.7 Å². The molecule has 0 aliphatic heterocycles. The number of nitrogens with one attached hydrogen (secondary N) is 1. The van der Waals surface area contributed by atoms with E-state index >= 15 is 0 Å². The highest BCUT2D eigenvalue weighted by atomic mass is 14.9. The molecule has 0 rings (SSSR count). The molecular formula is C10H16N2. The van der Waals surface area contributed by atoms with Gasteiger partial charge in [-0.2, -0.15) is 5.26 Å². The summed E-state index contributed by atoms with van der Waals surface area (Å²) < 4.78 is 0. The molecule has 1 atom stereocenters. The quantitative estimate of drug-likeness (QED) is 0.626. The molecule has 0 fully saturated rings. The molecule has 0 bridgehead atoms. The molecule has 0 saturated heterocycles. The van der Waals surface area contributed by atoms with E-state index < -0.39 is 0 Å². The van der Waals surface area contributed by atoms with Gasteiger partial charge in [0.05, 0.1) is 18.7 Å². The van der Waals surface area contributed by atoms with Crippen LogP contribution >= 0.6 is 0 Å². The van der Waals surface area contributed by atoms with E-state index in [0.29, 0.717) is 12.5 Å². The fourth-order valence-electron chi connectivity index (χ4n) is 1.25. The Hall–Kier alpha value is -0.990. The van der Waals surface area contributed by atoms with E-state index in [4.69, 9.17) is 11.7 Å². The van der Waals surface area contributed by atoms with E-state index in [-0.39, 0.29) is 6.04 Å². The van der Waals surface area contributed by atoms with Crippen molar-refractivity contribution in [2.75, 3.05) is 6.54 Å². The lowest BCUT2D eigenvalue weighted by Gasteiger charge is -2.18. The van der Waals surface area contributed by atoms with Gasteiger partial charge in [-0.15, -0.1) is 6.42 Å². The third-order valence-corrected chi connectivity index (χ3v) is 2.08. The standard InChI is InChI=1S/C10H16N2/c1-4-7-12-10(8-11)9(5-2)6-3/h1,9-10,12H,5-7H2,2-3H3. The van der Waals surface area contributed by atoms with Gasteiger partial charge in [0.1, 0.15) is 0 Å². The predicted molar refractivity (Wildman–Crippen MR) is 50.3 cm³/mol. The third kappa shape index (κ3) is 3.42.